The Labute approximate surface area is 137 Å². The highest BCUT2D eigenvalue weighted by molar-refractivity contribution is 5.17. The molecule has 2 fully saturated rings. The summed E-state index contributed by atoms with van der Waals surface area (Å²) in [5, 5.41) is 0. The Bertz CT molecular complexity index is 644. The maximum Gasteiger partial charge on any atom is 0.123 e. The molecule has 0 amide bonds. The average Bonchev–Trinajstić information content (AvgIpc) is 3.06. The van der Waals surface area contributed by atoms with Gasteiger partial charge in [-0.05, 0) is 35.1 Å². The van der Waals surface area contributed by atoms with E-state index in [4.69, 9.17) is 0 Å². The molecule has 2 aliphatic heterocycles. The third-order valence-corrected chi connectivity index (χ3v) is 5.18. The molecule has 0 saturated carbocycles. The van der Waals surface area contributed by atoms with Crippen LogP contribution >= 0.6 is 0 Å². The van der Waals surface area contributed by atoms with Crippen molar-refractivity contribution in [3.63, 3.8) is 0 Å². The number of rotatable bonds is 4. The number of hydrogen-bond acceptors (Lipinski definition) is 2. The molecule has 0 aromatic heterocycles. The number of nitrogens with zero attached hydrogens (tertiary/aromatic N) is 2. The van der Waals surface area contributed by atoms with E-state index < -0.39 is 0 Å². The maximum atomic E-state index is 13.3. The Morgan fingerprint density at radius 2 is 1.30 bits per heavy atom. The Hall–Kier alpha value is -1.71. The van der Waals surface area contributed by atoms with Crippen LogP contribution in [0.2, 0.25) is 0 Å². The van der Waals surface area contributed by atoms with Crippen LogP contribution in [0.15, 0.2) is 54.6 Å². The van der Waals surface area contributed by atoms with Crippen LogP contribution in [0.4, 0.5) is 4.39 Å². The van der Waals surface area contributed by atoms with E-state index in [0.29, 0.717) is 0 Å². The predicted molar refractivity (Wildman–Crippen MR) is 90.4 cm³/mol. The molecule has 2 aliphatic rings. The van der Waals surface area contributed by atoms with Gasteiger partial charge in [0.15, 0.2) is 0 Å². The van der Waals surface area contributed by atoms with Crippen LogP contribution in [0.3, 0.4) is 0 Å². The monoisotopic (exact) mass is 310 g/mol. The fourth-order valence-electron chi connectivity index (χ4n) is 4.18. The molecule has 120 valence electrons. The van der Waals surface area contributed by atoms with Gasteiger partial charge in [-0.25, -0.2) is 4.39 Å². The molecular formula is C20H23FN2. The molecule has 2 aromatic rings. The zero-order valence-electron chi connectivity index (χ0n) is 13.4. The van der Waals surface area contributed by atoms with E-state index >= 15 is 0 Å². The van der Waals surface area contributed by atoms with Crippen molar-refractivity contribution in [3.05, 3.63) is 71.5 Å². The largest absolute Gasteiger partial charge is 0.298 e. The molecule has 0 spiro atoms. The molecule has 4 rings (SSSR count). The zero-order valence-corrected chi connectivity index (χ0v) is 13.4. The molecule has 2 atom stereocenters. The van der Waals surface area contributed by atoms with Gasteiger partial charge in [-0.15, -0.1) is 0 Å². The van der Waals surface area contributed by atoms with Crippen molar-refractivity contribution < 1.29 is 4.39 Å². The average molecular weight is 310 g/mol. The van der Waals surface area contributed by atoms with Gasteiger partial charge in [-0.1, -0.05) is 42.5 Å². The first-order valence-corrected chi connectivity index (χ1v) is 8.49. The van der Waals surface area contributed by atoms with Crippen molar-refractivity contribution in [2.45, 2.75) is 13.1 Å². The fourth-order valence-corrected chi connectivity index (χ4v) is 4.18. The molecule has 0 N–H and O–H groups in total. The minimum atomic E-state index is -0.129. The fraction of sp³-hybridized carbons (Fsp3) is 0.400. The van der Waals surface area contributed by atoms with E-state index in [9.17, 15) is 4.39 Å². The highest BCUT2D eigenvalue weighted by Crippen LogP contribution is 2.32. The van der Waals surface area contributed by atoms with Gasteiger partial charge >= 0.3 is 0 Å². The van der Waals surface area contributed by atoms with Crippen LogP contribution in [0.1, 0.15) is 11.1 Å². The van der Waals surface area contributed by atoms with Gasteiger partial charge in [0.05, 0.1) is 0 Å². The third kappa shape index (κ3) is 3.46. The quantitative estimate of drug-likeness (QED) is 0.854. The van der Waals surface area contributed by atoms with E-state index in [1.54, 1.807) is 6.07 Å². The number of fused-ring (bicyclic) bond motifs is 1. The van der Waals surface area contributed by atoms with Gasteiger partial charge in [-0.2, -0.15) is 0 Å². The summed E-state index contributed by atoms with van der Waals surface area (Å²) < 4.78 is 13.3. The van der Waals surface area contributed by atoms with Crippen molar-refractivity contribution in [3.8, 4) is 0 Å². The van der Waals surface area contributed by atoms with Crippen LogP contribution in [-0.2, 0) is 13.1 Å². The van der Waals surface area contributed by atoms with Crippen molar-refractivity contribution in [1.82, 2.24) is 9.80 Å². The summed E-state index contributed by atoms with van der Waals surface area (Å²) in [6.45, 7) is 6.62. The lowest BCUT2D eigenvalue weighted by Crippen LogP contribution is -2.28. The first kappa shape index (κ1) is 14.9. The molecule has 0 aliphatic carbocycles. The van der Waals surface area contributed by atoms with E-state index in [1.807, 2.05) is 12.1 Å². The van der Waals surface area contributed by atoms with Crippen molar-refractivity contribution in [2.24, 2.45) is 11.8 Å². The van der Waals surface area contributed by atoms with Gasteiger partial charge < -0.3 is 0 Å². The second-order valence-electron chi connectivity index (χ2n) is 7.02. The molecule has 2 heterocycles. The molecule has 3 heteroatoms. The second-order valence-corrected chi connectivity index (χ2v) is 7.02. The normalized spacial score (nSPS) is 24.9. The van der Waals surface area contributed by atoms with Crippen molar-refractivity contribution in [1.29, 1.82) is 0 Å². The summed E-state index contributed by atoms with van der Waals surface area (Å²) in [6.07, 6.45) is 0. The summed E-state index contributed by atoms with van der Waals surface area (Å²) in [5.41, 5.74) is 2.50. The van der Waals surface area contributed by atoms with Gasteiger partial charge in [0.2, 0.25) is 0 Å². The SMILES string of the molecule is Fc1cccc(CN2CC3CN(Cc4ccccc4)CC3C2)c1. The Kier molecular flexibility index (Phi) is 4.15. The molecule has 2 unspecified atom stereocenters. The summed E-state index contributed by atoms with van der Waals surface area (Å²) >= 11 is 0. The van der Waals surface area contributed by atoms with E-state index in [1.165, 1.54) is 24.7 Å². The third-order valence-electron chi connectivity index (χ3n) is 5.18. The lowest BCUT2D eigenvalue weighted by atomic mass is 10.0. The molecule has 2 nitrogen and oxygen atoms in total. The Morgan fingerprint density at radius 3 is 1.91 bits per heavy atom. The molecule has 0 radical (unpaired) electrons. The molecular weight excluding hydrogens is 287 g/mol. The van der Waals surface area contributed by atoms with Gasteiger partial charge in [0, 0.05) is 39.3 Å². The topological polar surface area (TPSA) is 6.48 Å². The highest BCUT2D eigenvalue weighted by Gasteiger charge is 2.39. The number of likely N-dealkylation sites (tertiary alicyclic amines) is 2. The minimum Gasteiger partial charge on any atom is -0.298 e. The Morgan fingerprint density at radius 1 is 0.739 bits per heavy atom. The van der Waals surface area contributed by atoms with E-state index in [0.717, 1.165) is 43.6 Å². The van der Waals surface area contributed by atoms with Gasteiger partial charge in [0.1, 0.15) is 5.82 Å². The van der Waals surface area contributed by atoms with E-state index in [-0.39, 0.29) is 5.82 Å². The summed E-state index contributed by atoms with van der Waals surface area (Å²) in [6, 6.07) is 17.8. The molecule has 23 heavy (non-hydrogen) atoms. The van der Waals surface area contributed by atoms with Gasteiger partial charge in [-0.3, -0.25) is 9.80 Å². The van der Waals surface area contributed by atoms with Crippen molar-refractivity contribution in [2.75, 3.05) is 26.2 Å². The first-order chi connectivity index (χ1) is 11.3. The number of halogens is 1. The van der Waals surface area contributed by atoms with Crippen LogP contribution in [0.25, 0.3) is 0 Å². The van der Waals surface area contributed by atoms with Crippen molar-refractivity contribution >= 4 is 0 Å². The van der Waals surface area contributed by atoms with Crippen LogP contribution < -0.4 is 0 Å². The highest BCUT2D eigenvalue weighted by atomic mass is 19.1. The van der Waals surface area contributed by atoms with Crippen LogP contribution in [0.5, 0.6) is 0 Å². The standard InChI is InChI=1S/C20H23FN2/c21-20-8-4-7-17(9-20)11-23-14-18-12-22(13-19(18)15-23)10-16-5-2-1-3-6-16/h1-9,18-19H,10-15H2. The van der Waals surface area contributed by atoms with Crippen LogP contribution in [-0.4, -0.2) is 36.0 Å². The maximum absolute atomic E-state index is 13.3. The summed E-state index contributed by atoms with van der Waals surface area (Å²) in [4.78, 5) is 5.08. The van der Waals surface area contributed by atoms with E-state index in [2.05, 4.69) is 40.1 Å². The number of hydrogen-bond donors (Lipinski definition) is 0. The zero-order chi connectivity index (χ0) is 15.6. The number of benzene rings is 2. The lowest BCUT2D eigenvalue weighted by Gasteiger charge is -2.21. The lowest BCUT2D eigenvalue weighted by molar-refractivity contribution is 0.246. The smallest absolute Gasteiger partial charge is 0.123 e. The summed E-state index contributed by atoms with van der Waals surface area (Å²) in [5.74, 6) is 1.41. The molecule has 2 aromatic carbocycles. The molecule has 2 saturated heterocycles. The predicted octanol–water partition coefficient (Wildman–Crippen LogP) is 3.39. The summed E-state index contributed by atoms with van der Waals surface area (Å²) in [7, 11) is 0. The first-order valence-electron chi connectivity index (χ1n) is 8.49. The minimum absolute atomic E-state index is 0.129. The van der Waals surface area contributed by atoms with Gasteiger partial charge in [0.25, 0.3) is 0 Å². The van der Waals surface area contributed by atoms with Crippen LogP contribution in [0, 0.1) is 17.7 Å². The second kappa shape index (κ2) is 6.42. The Balaban J connectivity index is 1.31. The molecule has 0 bridgehead atoms.